The van der Waals surface area contributed by atoms with Gasteiger partial charge in [-0.15, -0.1) is 12.4 Å². The second-order valence-electron chi connectivity index (χ2n) is 8.28. The Morgan fingerprint density at radius 3 is 2.21 bits per heavy atom. The van der Waals surface area contributed by atoms with Gasteiger partial charge in [-0.3, -0.25) is 4.90 Å². The molecule has 2 atom stereocenters. The van der Waals surface area contributed by atoms with Crippen LogP contribution >= 0.6 is 12.4 Å². The number of ether oxygens (including phenoxy) is 1. The zero-order chi connectivity index (χ0) is 20.0. The summed E-state index contributed by atoms with van der Waals surface area (Å²) in [6.07, 6.45) is 1.61. The van der Waals surface area contributed by atoms with E-state index in [1.807, 2.05) is 30.3 Å². The molecule has 0 radical (unpaired) electrons. The number of halogens is 1. The van der Waals surface area contributed by atoms with Crippen LogP contribution in [0.25, 0.3) is 0 Å². The summed E-state index contributed by atoms with van der Waals surface area (Å²) in [6.45, 7) is 8.42. The second-order valence-corrected chi connectivity index (χ2v) is 8.28. The van der Waals surface area contributed by atoms with Gasteiger partial charge in [0.05, 0.1) is 18.8 Å². The van der Waals surface area contributed by atoms with Crippen molar-refractivity contribution >= 4 is 12.4 Å². The number of hydrogen-bond donors (Lipinski definition) is 2. The first-order valence-corrected chi connectivity index (χ1v) is 10.4. The normalized spacial score (nSPS) is 18.1. The van der Waals surface area contributed by atoms with Gasteiger partial charge < -0.3 is 14.9 Å². The highest BCUT2D eigenvalue weighted by atomic mass is 35.5. The molecular formula is C24H34ClNO3. The molecule has 1 fully saturated rings. The Kier molecular flexibility index (Phi) is 8.97. The first-order valence-electron chi connectivity index (χ1n) is 10.4. The molecule has 2 aromatic carbocycles. The van der Waals surface area contributed by atoms with E-state index in [1.54, 1.807) is 12.1 Å². The minimum Gasteiger partial charge on any atom is -0.508 e. The summed E-state index contributed by atoms with van der Waals surface area (Å²) in [6, 6.07) is 17.4. The van der Waals surface area contributed by atoms with Gasteiger partial charge in [-0.25, -0.2) is 0 Å². The number of rotatable bonds is 8. The van der Waals surface area contributed by atoms with Gasteiger partial charge in [0.25, 0.3) is 0 Å². The van der Waals surface area contributed by atoms with Crippen LogP contribution in [-0.2, 0) is 10.3 Å². The number of phenolic OH excluding ortho intramolecular Hbond substituents is 1. The number of morpholine rings is 1. The first-order chi connectivity index (χ1) is 13.5. The minimum absolute atomic E-state index is 0. The van der Waals surface area contributed by atoms with Crippen molar-refractivity contribution in [3.05, 3.63) is 65.7 Å². The lowest BCUT2D eigenvalue weighted by atomic mass is 9.73. The fourth-order valence-electron chi connectivity index (χ4n) is 4.04. The molecule has 0 spiro atoms. The molecular weight excluding hydrogens is 386 g/mol. The van der Waals surface area contributed by atoms with Crippen LogP contribution in [0.15, 0.2) is 54.6 Å². The molecule has 0 saturated carbocycles. The lowest BCUT2D eigenvalue weighted by molar-refractivity contribution is -0.0311. The topological polar surface area (TPSA) is 52.9 Å². The Balaban J connectivity index is 0.00000300. The van der Waals surface area contributed by atoms with Crippen LogP contribution in [0, 0.1) is 5.92 Å². The smallest absolute Gasteiger partial charge is 0.115 e. The lowest BCUT2D eigenvalue weighted by Crippen LogP contribution is -2.45. The highest BCUT2D eigenvalue weighted by Gasteiger charge is 2.40. The zero-order valence-corrected chi connectivity index (χ0v) is 18.3. The van der Waals surface area contributed by atoms with E-state index in [2.05, 4.69) is 30.9 Å². The Bertz CT molecular complexity index is 717. The fourth-order valence-corrected chi connectivity index (χ4v) is 4.04. The zero-order valence-electron chi connectivity index (χ0n) is 17.5. The number of benzene rings is 2. The molecule has 0 amide bonds. The summed E-state index contributed by atoms with van der Waals surface area (Å²) in [7, 11) is 0. The summed E-state index contributed by atoms with van der Waals surface area (Å²) in [5.74, 6) is 0.665. The van der Waals surface area contributed by atoms with Crippen LogP contribution < -0.4 is 0 Å². The third kappa shape index (κ3) is 6.19. The van der Waals surface area contributed by atoms with Crippen LogP contribution in [-0.4, -0.2) is 48.0 Å². The summed E-state index contributed by atoms with van der Waals surface area (Å²) in [4.78, 5) is 2.39. The van der Waals surface area contributed by atoms with Crippen molar-refractivity contribution in [2.24, 2.45) is 5.92 Å². The van der Waals surface area contributed by atoms with E-state index < -0.39 is 5.60 Å². The monoisotopic (exact) mass is 419 g/mol. The Hall–Kier alpha value is -1.59. The molecule has 1 aliphatic heterocycles. The number of hydrogen-bond acceptors (Lipinski definition) is 4. The van der Waals surface area contributed by atoms with E-state index >= 15 is 0 Å². The molecule has 160 valence electrons. The van der Waals surface area contributed by atoms with Crippen LogP contribution in [0.4, 0.5) is 0 Å². The van der Waals surface area contributed by atoms with E-state index in [-0.39, 0.29) is 24.1 Å². The van der Waals surface area contributed by atoms with Gasteiger partial charge in [-0.1, -0.05) is 56.3 Å². The second kappa shape index (κ2) is 11.0. The van der Waals surface area contributed by atoms with Crippen LogP contribution in [0.2, 0.25) is 0 Å². The highest BCUT2D eigenvalue weighted by Crippen LogP contribution is 2.42. The van der Waals surface area contributed by atoms with Crippen LogP contribution in [0.1, 0.15) is 43.7 Å². The maximum absolute atomic E-state index is 12.1. The molecule has 4 nitrogen and oxygen atoms in total. The quantitative estimate of drug-likeness (QED) is 0.658. The van der Waals surface area contributed by atoms with E-state index in [1.165, 1.54) is 0 Å². The SMILES string of the molecule is CC(C)CCC(O)(c1ccc(O)cc1)C(CN1CCOCC1)c1ccccc1.Cl. The average Bonchev–Trinajstić information content (AvgIpc) is 2.72. The molecule has 1 saturated heterocycles. The van der Waals surface area contributed by atoms with Crippen molar-refractivity contribution in [1.82, 2.24) is 4.90 Å². The summed E-state index contributed by atoms with van der Waals surface area (Å²) in [5.41, 5.74) is 1.01. The van der Waals surface area contributed by atoms with Gasteiger partial charge >= 0.3 is 0 Å². The summed E-state index contributed by atoms with van der Waals surface area (Å²) >= 11 is 0. The summed E-state index contributed by atoms with van der Waals surface area (Å²) < 4.78 is 5.52. The molecule has 2 N–H and O–H groups in total. The van der Waals surface area contributed by atoms with Crippen molar-refractivity contribution in [1.29, 1.82) is 0 Å². The maximum Gasteiger partial charge on any atom is 0.115 e. The van der Waals surface area contributed by atoms with Gasteiger partial charge in [-0.05, 0) is 42.0 Å². The number of phenols is 1. The third-order valence-corrected chi connectivity index (χ3v) is 5.79. The van der Waals surface area contributed by atoms with E-state index in [0.717, 1.165) is 50.4 Å². The van der Waals surface area contributed by atoms with E-state index in [9.17, 15) is 10.2 Å². The van der Waals surface area contributed by atoms with Gasteiger partial charge in [0, 0.05) is 25.6 Å². The highest BCUT2D eigenvalue weighted by molar-refractivity contribution is 5.85. The first kappa shape index (κ1) is 23.7. The average molecular weight is 420 g/mol. The Morgan fingerprint density at radius 1 is 1.00 bits per heavy atom. The molecule has 0 bridgehead atoms. The minimum atomic E-state index is -1.00. The van der Waals surface area contributed by atoms with Crippen molar-refractivity contribution < 1.29 is 14.9 Å². The number of aliphatic hydroxyl groups is 1. The largest absolute Gasteiger partial charge is 0.508 e. The predicted octanol–water partition coefficient (Wildman–Crippen LogP) is 4.55. The lowest BCUT2D eigenvalue weighted by Gasteiger charge is -2.41. The van der Waals surface area contributed by atoms with Crippen molar-refractivity contribution in [3.8, 4) is 5.75 Å². The van der Waals surface area contributed by atoms with Gasteiger partial charge in [-0.2, -0.15) is 0 Å². The van der Waals surface area contributed by atoms with E-state index in [0.29, 0.717) is 12.3 Å². The van der Waals surface area contributed by atoms with Crippen molar-refractivity contribution in [2.75, 3.05) is 32.8 Å². The predicted molar refractivity (Wildman–Crippen MR) is 120 cm³/mol. The molecule has 2 unspecified atom stereocenters. The van der Waals surface area contributed by atoms with Crippen LogP contribution in [0.5, 0.6) is 5.75 Å². The molecule has 0 aromatic heterocycles. The van der Waals surface area contributed by atoms with Gasteiger partial charge in [0.1, 0.15) is 5.75 Å². The number of nitrogens with zero attached hydrogens (tertiary/aromatic N) is 1. The van der Waals surface area contributed by atoms with Crippen molar-refractivity contribution in [2.45, 2.75) is 38.2 Å². The third-order valence-electron chi connectivity index (χ3n) is 5.79. The van der Waals surface area contributed by atoms with Crippen molar-refractivity contribution in [3.63, 3.8) is 0 Å². The number of aromatic hydroxyl groups is 1. The van der Waals surface area contributed by atoms with Gasteiger partial charge in [0.2, 0.25) is 0 Å². The Morgan fingerprint density at radius 2 is 1.62 bits per heavy atom. The molecule has 3 rings (SSSR count). The van der Waals surface area contributed by atoms with Gasteiger partial charge in [0.15, 0.2) is 0 Å². The summed E-state index contributed by atoms with van der Waals surface area (Å²) in [5, 5.41) is 21.9. The maximum atomic E-state index is 12.1. The standard InChI is InChI=1S/C24H33NO3.ClH/c1-19(2)12-13-24(27,21-8-10-22(26)11-9-21)23(20-6-4-3-5-7-20)18-25-14-16-28-17-15-25;/h3-11,19,23,26-27H,12-18H2,1-2H3;1H. The molecule has 1 aliphatic rings. The molecule has 29 heavy (non-hydrogen) atoms. The van der Waals surface area contributed by atoms with E-state index in [4.69, 9.17) is 4.74 Å². The Labute approximate surface area is 180 Å². The molecule has 5 heteroatoms. The van der Waals surface area contributed by atoms with Crippen LogP contribution in [0.3, 0.4) is 0 Å². The molecule has 2 aromatic rings. The fraction of sp³-hybridized carbons (Fsp3) is 0.500. The molecule has 0 aliphatic carbocycles. The molecule has 1 heterocycles.